The van der Waals surface area contributed by atoms with Gasteiger partial charge >= 0.3 is 0 Å². The molecule has 0 fully saturated rings. The second-order valence-electron chi connectivity index (χ2n) is 3.46. The number of halogens is 2. The van der Waals surface area contributed by atoms with Gasteiger partial charge in [-0.05, 0) is 12.5 Å². The number of benzene rings is 1. The second-order valence-corrected chi connectivity index (χ2v) is 3.84. The Kier molecular flexibility index (Phi) is 4.38. The zero-order chi connectivity index (χ0) is 12.3. The molecule has 1 rings (SSSR count). The van der Waals surface area contributed by atoms with Crippen molar-refractivity contribution >= 4 is 11.6 Å². The zero-order valence-electron chi connectivity index (χ0n) is 9.51. The Bertz CT molecular complexity index is 385. The first kappa shape index (κ1) is 13.1. The fourth-order valence-corrected chi connectivity index (χ4v) is 1.85. The standard InChI is InChI=1S/C11H15ClFNO2/c1-6(5-14)9-10(12)7(13)4-8(15-2)11(9)16-3/h4,6H,5,14H2,1-3H3. The van der Waals surface area contributed by atoms with Crippen LogP contribution in [-0.2, 0) is 0 Å². The summed E-state index contributed by atoms with van der Waals surface area (Å²) >= 11 is 5.91. The summed E-state index contributed by atoms with van der Waals surface area (Å²) in [5.74, 6) is 0.119. The molecule has 0 saturated heterocycles. The summed E-state index contributed by atoms with van der Waals surface area (Å²) in [5, 5.41) is 0.0376. The SMILES string of the molecule is COc1cc(F)c(Cl)c(C(C)CN)c1OC. The van der Waals surface area contributed by atoms with Crippen molar-refractivity contribution in [3.05, 3.63) is 22.5 Å². The molecule has 1 unspecified atom stereocenters. The quantitative estimate of drug-likeness (QED) is 0.889. The Balaban J connectivity index is 3.46. The van der Waals surface area contributed by atoms with E-state index < -0.39 is 5.82 Å². The average Bonchev–Trinajstić information content (AvgIpc) is 2.30. The van der Waals surface area contributed by atoms with E-state index in [9.17, 15) is 4.39 Å². The topological polar surface area (TPSA) is 44.5 Å². The molecule has 1 aromatic carbocycles. The van der Waals surface area contributed by atoms with Crippen LogP contribution in [0.15, 0.2) is 6.07 Å². The van der Waals surface area contributed by atoms with E-state index in [2.05, 4.69) is 0 Å². The van der Waals surface area contributed by atoms with Gasteiger partial charge in [-0.15, -0.1) is 0 Å². The van der Waals surface area contributed by atoms with Crippen LogP contribution in [0.4, 0.5) is 4.39 Å². The van der Waals surface area contributed by atoms with E-state index in [0.29, 0.717) is 23.6 Å². The fraction of sp³-hybridized carbons (Fsp3) is 0.455. The van der Waals surface area contributed by atoms with Crippen molar-refractivity contribution in [1.29, 1.82) is 0 Å². The van der Waals surface area contributed by atoms with Gasteiger partial charge in [-0.1, -0.05) is 18.5 Å². The van der Waals surface area contributed by atoms with Crippen LogP contribution in [0.2, 0.25) is 5.02 Å². The van der Waals surface area contributed by atoms with Crippen molar-refractivity contribution in [2.75, 3.05) is 20.8 Å². The van der Waals surface area contributed by atoms with Gasteiger partial charge in [0.05, 0.1) is 19.2 Å². The van der Waals surface area contributed by atoms with Crippen molar-refractivity contribution in [3.8, 4) is 11.5 Å². The minimum atomic E-state index is -0.533. The molecular weight excluding hydrogens is 233 g/mol. The predicted molar refractivity (Wildman–Crippen MR) is 62.0 cm³/mol. The number of nitrogens with two attached hydrogens (primary N) is 1. The van der Waals surface area contributed by atoms with E-state index in [0.717, 1.165) is 0 Å². The maximum absolute atomic E-state index is 13.5. The van der Waals surface area contributed by atoms with Gasteiger partial charge in [-0.25, -0.2) is 4.39 Å². The first-order valence-corrected chi connectivity index (χ1v) is 5.24. The largest absolute Gasteiger partial charge is 0.493 e. The van der Waals surface area contributed by atoms with Gasteiger partial charge in [0.15, 0.2) is 11.5 Å². The number of hydrogen-bond acceptors (Lipinski definition) is 3. The fourth-order valence-electron chi connectivity index (χ4n) is 1.53. The van der Waals surface area contributed by atoms with Gasteiger partial charge in [0, 0.05) is 11.6 Å². The lowest BCUT2D eigenvalue weighted by Gasteiger charge is -2.18. The predicted octanol–water partition coefficient (Wildman–Crippen LogP) is 2.56. The Morgan fingerprint density at radius 1 is 1.44 bits per heavy atom. The number of rotatable bonds is 4. The van der Waals surface area contributed by atoms with Crippen LogP contribution < -0.4 is 15.2 Å². The molecule has 0 amide bonds. The number of methoxy groups -OCH3 is 2. The number of hydrogen-bond donors (Lipinski definition) is 1. The van der Waals surface area contributed by atoms with E-state index >= 15 is 0 Å². The molecule has 2 N–H and O–H groups in total. The van der Waals surface area contributed by atoms with Gasteiger partial charge < -0.3 is 15.2 Å². The van der Waals surface area contributed by atoms with Crippen LogP contribution in [0.1, 0.15) is 18.4 Å². The van der Waals surface area contributed by atoms with Crippen LogP contribution in [0.25, 0.3) is 0 Å². The number of ether oxygens (including phenoxy) is 2. The maximum Gasteiger partial charge on any atom is 0.165 e. The molecule has 5 heteroatoms. The summed E-state index contributed by atoms with van der Waals surface area (Å²) < 4.78 is 23.8. The van der Waals surface area contributed by atoms with Crippen LogP contribution in [0.3, 0.4) is 0 Å². The highest BCUT2D eigenvalue weighted by Crippen LogP contribution is 2.41. The molecule has 0 aliphatic rings. The van der Waals surface area contributed by atoms with Crippen molar-refractivity contribution < 1.29 is 13.9 Å². The van der Waals surface area contributed by atoms with Gasteiger partial charge in [0.2, 0.25) is 0 Å². The van der Waals surface area contributed by atoms with Gasteiger partial charge in [0.25, 0.3) is 0 Å². The second kappa shape index (κ2) is 5.37. The van der Waals surface area contributed by atoms with Crippen molar-refractivity contribution in [2.24, 2.45) is 5.73 Å². The normalized spacial score (nSPS) is 12.4. The summed E-state index contributed by atoms with van der Waals surface area (Å²) in [5.41, 5.74) is 6.11. The smallest absolute Gasteiger partial charge is 0.165 e. The Hall–Kier alpha value is -1.00. The lowest BCUT2D eigenvalue weighted by atomic mass is 9.99. The molecule has 0 aliphatic heterocycles. The molecule has 0 bridgehead atoms. The Labute approximate surface area is 99.3 Å². The highest BCUT2D eigenvalue weighted by molar-refractivity contribution is 6.31. The summed E-state index contributed by atoms with van der Waals surface area (Å²) in [6.45, 7) is 2.20. The van der Waals surface area contributed by atoms with Crippen LogP contribution in [-0.4, -0.2) is 20.8 Å². The lowest BCUT2D eigenvalue weighted by molar-refractivity contribution is 0.347. The summed E-state index contributed by atoms with van der Waals surface area (Å²) in [4.78, 5) is 0. The van der Waals surface area contributed by atoms with Crippen molar-refractivity contribution in [2.45, 2.75) is 12.8 Å². The summed E-state index contributed by atoms with van der Waals surface area (Å²) in [6, 6.07) is 1.20. The van der Waals surface area contributed by atoms with Gasteiger partial charge in [0.1, 0.15) is 5.82 Å². The molecule has 1 aromatic rings. The summed E-state index contributed by atoms with van der Waals surface area (Å²) in [6.07, 6.45) is 0. The van der Waals surface area contributed by atoms with E-state index in [-0.39, 0.29) is 10.9 Å². The third kappa shape index (κ3) is 2.23. The van der Waals surface area contributed by atoms with Crippen molar-refractivity contribution in [3.63, 3.8) is 0 Å². The molecule has 0 aromatic heterocycles. The molecule has 16 heavy (non-hydrogen) atoms. The third-order valence-electron chi connectivity index (χ3n) is 2.44. The molecule has 0 saturated carbocycles. The maximum atomic E-state index is 13.5. The van der Waals surface area contributed by atoms with Crippen molar-refractivity contribution in [1.82, 2.24) is 0 Å². The van der Waals surface area contributed by atoms with Gasteiger partial charge in [-0.2, -0.15) is 0 Å². The molecule has 0 spiro atoms. The summed E-state index contributed by atoms with van der Waals surface area (Å²) in [7, 11) is 2.93. The Morgan fingerprint density at radius 3 is 2.50 bits per heavy atom. The minimum absolute atomic E-state index is 0.0376. The van der Waals surface area contributed by atoms with Crippen LogP contribution >= 0.6 is 11.6 Å². The van der Waals surface area contributed by atoms with Gasteiger partial charge in [-0.3, -0.25) is 0 Å². The Morgan fingerprint density at radius 2 is 2.06 bits per heavy atom. The van der Waals surface area contributed by atoms with E-state index in [1.165, 1.54) is 20.3 Å². The minimum Gasteiger partial charge on any atom is -0.493 e. The molecule has 0 heterocycles. The lowest BCUT2D eigenvalue weighted by Crippen LogP contribution is -2.12. The highest BCUT2D eigenvalue weighted by atomic mass is 35.5. The molecule has 0 aliphatic carbocycles. The van der Waals surface area contributed by atoms with E-state index in [1.807, 2.05) is 6.92 Å². The average molecular weight is 248 g/mol. The van der Waals surface area contributed by atoms with Crippen LogP contribution in [0.5, 0.6) is 11.5 Å². The molecule has 3 nitrogen and oxygen atoms in total. The van der Waals surface area contributed by atoms with Crippen LogP contribution in [0, 0.1) is 5.82 Å². The molecule has 1 atom stereocenters. The molecule has 90 valence electrons. The third-order valence-corrected chi connectivity index (χ3v) is 2.83. The first-order chi connectivity index (χ1) is 7.56. The molecule has 0 radical (unpaired) electrons. The zero-order valence-corrected chi connectivity index (χ0v) is 10.3. The first-order valence-electron chi connectivity index (χ1n) is 4.86. The van der Waals surface area contributed by atoms with E-state index in [1.54, 1.807) is 0 Å². The monoisotopic (exact) mass is 247 g/mol. The highest BCUT2D eigenvalue weighted by Gasteiger charge is 2.22. The molecular formula is C11H15ClFNO2. The van der Waals surface area contributed by atoms with E-state index in [4.69, 9.17) is 26.8 Å².